The number of hydrogen-bond donors (Lipinski definition) is 1. The SMILES string of the molecule is COC(C(=O)Nc1cnn(C)c1)c1ccccc1C(F)(F)F. The first-order chi connectivity index (χ1) is 10.3. The van der Waals surface area contributed by atoms with E-state index < -0.39 is 23.8 Å². The number of alkyl halides is 3. The molecule has 2 aromatic rings. The monoisotopic (exact) mass is 313 g/mol. The highest BCUT2D eigenvalue weighted by molar-refractivity contribution is 5.94. The second-order valence-electron chi connectivity index (χ2n) is 4.59. The van der Waals surface area contributed by atoms with Gasteiger partial charge in [-0.1, -0.05) is 18.2 Å². The van der Waals surface area contributed by atoms with Crippen LogP contribution in [0, 0.1) is 0 Å². The molecule has 0 aliphatic rings. The van der Waals surface area contributed by atoms with Crippen molar-refractivity contribution < 1.29 is 22.7 Å². The Morgan fingerprint density at radius 1 is 1.36 bits per heavy atom. The van der Waals surface area contributed by atoms with Crippen LogP contribution in [-0.4, -0.2) is 22.8 Å². The van der Waals surface area contributed by atoms with Crippen molar-refractivity contribution >= 4 is 11.6 Å². The lowest BCUT2D eigenvalue weighted by Gasteiger charge is -2.19. The summed E-state index contributed by atoms with van der Waals surface area (Å²) in [6.07, 6.45) is -3.03. The predicted molar refractivity (Wildman–Crippen MR) is 73.0 cm³/mol. The van der Waals surface area contributed by atoms with Gasteiger partial charge in [0.25, 0.3) is 5.91 Å². The molecule has 118 valence electrons. The number of carbonyl (C=O) groups is 1. The van der Waals surface area contributed by atoms with Gasteiger partial charge < -0.3 is 10.1 Å². The number of benzene rings is 1. The number of nitrogens with one attached hydrogen (secondary N) is 1. The number of ether oxygens (including phenoxy) is 1. The molecule has 0 spiro atoms. The van der Waals surface area contributed by atoms with E-state index in [0.717, 1.165) is 6.07 Å². The second kappa shape index (κ2) is 6.18. The van der Waals surface area contributed by atoms with Gasteiger partial charge in [0.15, 0.2) is 6.10 Å². The van der Waals surface area contributed by atoms with Crippen LogP contribution >= 0.6 is 0 Å². The molecule has 1 amide bonds. The number of methoxy groups -OCH3 is 1. The summed E-state index contributed by atoms with van der Waals surface area (Å²) in [5, 5.41) is 6.34. The molecule has 2 rings (SSSR count). The maximum absolute atomic E-state index is 13.0. The molecule has 1 unspecified atom stereocenters. The van der Waals surface area contributed by atoms with Crippen LogP contribution in [0.15, 0.2) is 36.7 Å². The Bertz CT molecular complexity index is 667. The van der Waals surface area contributed by atoms with Crippen molar-refractivity contribution in [2.45, 2.75) is 12.3 Å². The van der Waals surface area contributed by atoms with Gasteiger partial charge in [0.1, 0.15) is 0 Å². The minimum absolute atomic E-state index is 0.237. The fraction of sp³-hybridized carbons (Fsp3) is 0.286. The maximum atomic E-state index is 13.0. The molecule has 0 aliphatic heterocycles. The van der Waals surface area contributed by atoms with Crippen LogP contribution in [0.2, 0.25) is 0 Å². The summed E-state index contributed by atoms with van der Waals surface area (Å²) in [5.41, 5.74) is -0.763. The molecule has 1 N–H and O–H groups in total. The average molecular weight is 313 g/mol. The molecule has 0 saturated carbocycles. The predicted octanol–water partition coefficient (Wildman–Crippen LogP) is 2.77. The summed E-state index contributed by atoms with van der Waals surface area (Å²) in [6, 6.07) is 4.82. The summed E-state index contributed by atoms with van der Waals surface area (Å²) in [4.78, 5) is 12.2. The topological polar surface area (TPSA) is 56.1 Å². The minimum atomic E-state index is -4.57. The Morgan fingerprint density at radius 3 is 2.59 bits per heavy atom. The second-order valence-corrected chi connectivity index (χ2v) is 4.59. The van der Waals surface area contributed by atoms with Crippen molar-refractivity contribution in [3.63, 3.8) is 0 Å². The number of carbonyl (C=O) groups excluding carboxylic acids is 1. The Balaban J connectivity index is 2.30. The van der Waals surface area contributed by atoms with Crippen molar-refractivity contribution in [2.24, 2.45) is 7.05 Å². The standard InChI is InChI=1S/C14H14F3N3O2/c1-20-8-9(7-18-20)19-13(21)12(22-2)10-5-3-4-6-11(10)14(15,16)17/h3-8,12H,1-2H3,(H,19,21). The number of aryl methyl sites for hydroxylation is 1. The van der Waals surface area contributed by atoms with Crippen molar-refractivity contribution in [1.82, 2.24) is 9.78 Å². The number of aromatic nitrogens is 2. The first-order valence-corrected chi connectivity index (χ1v) is 6.31. The van der Waals surface area contributed by atoms with Crippen LogP contribution in [-0.2, 0) is 22.8 Å². The van der Waals surface area contributed by atoms with Crippen LogP contribution in [0.3, 0.4) is 0 Å². The van der Waals surface area contributed by atoms with Crippen molar-refractivity contribution in [1.29, 1.82) is 0 Å². The van der Waals surface area contributed by atoms with Crippen LogP contribution in [0.5, 0.6) is 0 Å². The summed E-state index contributed by atoms with van der Waals surface area (Å²) in [5.74, 6) is -0.702. The summed E-state index contributed by atoms with van der Waals surface area (Å²) in [7, 11) is 2.84. The maximum Gasteiger partial charge on any atom is 0.416 e. The third-order valence-electron chi connectivity index (χ3n) is 2.99. The van der Waals surface area contributed by atoms with E-state index in [0.29, 0.717) is 5.69 Å². The van der Waals surface area contributed by atoms with Gasteiger partial charge in [-0.15, -0.1) is 0 Å². The fourth-order valence-electron chi connectivity index (χ4n) is 2.05. The Labute approximate surface area is 124 Å². The molecule has 5 nitrogen and oxygen atoms in total. The molecule has 8 heteroatoms. The molecule has 0 bridgehead atoms. The van der Waals surface area contributed by atoms with E-state index >= 15 is 0 Å². The fourth-order valence-corrected chi connectivity index (χ4v) is 2.05. The third kappa shape index (κ3) is 3.45. The van der Waals surface area contributed by atoms with E-state index in [4.69, 9.17) is 4.74 Å². The average Bonchev–Trinajstić information content (AvgIpc) is 2.84. The molecular weight excluding hydrogens is 299 g/mol. The lowest BCUT2D eigenvalue weighted by atomic mass is 10.0. The number of rotatable bonds is 4. The van der Waals surface area contributed by atoms with E-state index in [9.17, 15) is 18.0 Å². The van der Waals surface area contributed by atoms with Crippen LogP contribution < -0.4 is 5.32 Å². The normalized spacial score (nSPS) is 13.0. The summed E-state index contributed by atoms with van der Waals surface area (Å²) in [6.45, 7) is 0. The molecule has 1 aromatic heterocycles. The zero-order valence-electron chi connectivity index (χ0n) is 11.9. The number of nitrogens with zero attached hydrogens (tertiary/aromatic N) is 2. The molecule has 0 fully saturated rings. The van der Waals surface area contributed by atoms with E-state index in [1.807, 2.05) is 0 Å². The largest absolute Gasteiger partial charge is 0.416 e. The Hall–Kier alpha value is -2.35. The van der Waals surface area contributed by atoms with Crippen LogP contribution in [0.25, 0.3) is 0 Å². The third-order valence-corrected chi connectivity index (χ3v) is 2.99. The summed E-state index contributed by atoms with van der Waals surface area (Å²) < 4.78 is 45.5. The first-order valence-electron chi connectivity index (χ1n) is 6.31. The molecule has 0 aliphatic carbocycles. The van der Waals surface area contributed by atoms with E-state index in [-0.39, 0.29) is 5.56 Å². The number of hydrogen-bond acceptors (Lipinski definition) is 3. The number of amides is 1. The Kier molecular flexibility index (Phi) is 4.51. The quantitative estimate of drug-likeness (QED) is 0.944. The lowest BCUT2D eigenvalue weighted by Crippen LogP contribution is -2.25. The van der Waals surface area contributed by atoms with Crippen molar-refractivity contribution in [3.8, 4) is 0 Å². The molecule has 22 heavy (non-hydrogen) atoms. The number of anilines is 1. The Morgan fingerprint density at radius 2 is 2.05 bits per heavy atom. The highest BCUT2D eigenvalue weighted by Gasteiger charge is 2.36. The highest BCUT2D eigenvalue weighted by atomic mass is 19.4. The van der Waals surface area contributed by atoms with Gasteiger partial charge in [0.2, 0.25) is 0 Å². The van der Waals surface area contributed by atoms with Gasteiger partial charge >= 0.3 is 6.18 Å². The van der Waals surface area contributed by atoms with E-state index in [2.05, 4.69) is 10.4 Å². The molecule has 1 heterocycles. The van der Waals surface area contributed by atoms with Crippen molar-refractivity contribution in [2.75, 3.05) is 12.4 Å². The lowest BCUT2D eigenvalue weighted by molar-refractivity contribution is -0.140. The molecular formula is C14H14F3N3O2. The van der Waals surface area contributed by atoms with Crippen LogP contribution in [0.1, 0.15) is 17.2 Å². The highest BCUT2D eigenvalue weighted by Crippen LogP contribution is 2.35. The molecule has 0 radical (unpaired) electrons. The molecule has 1 atom stereocenters. The van der Waals surface area contributed by atoms with Gasteiger partial charge in [-0.3, -0.25) is 9.48 Å². The van der Waals surface area contributed by atoms with Gasteiger partial charge in [0.05, 0.1) is 17.4 Å². The van der Waals surface area contributed by atoms with Gasteiger partial charge in [0, 0.05) is 25.9 Å². The molecule has 1 aromatic carbocycles. The van der Waals surface area contributed by atoms with Gasteiger partial charge in [-0.05, 0) is 6.07 Å². The summed E-state index contributed by atoms with van der Waals surface area (Å²) >= 11 is 0. The van der Waals surface area contributed by atoms with E-state index in [1.165, 1.54) is 42.4 Å². The smallest absolute Gasteiger partial charge is 0.367 e. The van der Waals surface area contributed by atoms with Crippen LogP contribution in [0.4, 0.5) is 18.9 Å². The zero-order valence-corrected chi connectivity index (χ0v) is 11.9. The van der Waals surface area contributed by atoms with Gasteiger partial charge in [-0.2, -0.15) is 18.3 Å². The number of halogens is 3. The minimum Gasteiger partial charge on any atom is -0.367 e. The van der Waals surface area contributed by atoms with Gasteiger partial charge in [-0.25, -0.2) is 0 Å². The zero-order chi connectivity index (χ0) is 16.3. The first kappa shape index (κ1) is 16.0. The van der Waals surface area contributed by atoms with E-state index in [1.54, 1.807) is 7.05 Å². The van der Waals surface area contributed by atoms with Crippen molar-refractivity contribution in [3.05, 3.63) is 47.8 Å². The molecule has 0 saturated heterocycles.